The summed E-state index contributed by atoms with van der Waals surface area (Å²) in [4.78, 5) is 0. The summed E-state index contributed by atoms with van der Waals surface area (Å²) in [6.07, 6.45) is 1.79. The van der Waals surface area contributed by atoms with Crippen LogP contribution in [0.15, 0.2) is 18.2 Å². The van der Waals surface area contributed by atoms with Gasteiger partial charge in [0, 0.05) is 10.6 Å². The Kier molecular flexibility index (Phi) is 5.06. The Morgan fingerprint density at radius 2 is 2.13 bits per heavy atom. The van der Waals surface area contributed by atoms with E-state index in [4.69, 9.17) is 17.3 Å². The molecule has 0 amide bonds. The van der Waals surface area contributed by atoms with Crippen molar-refractivity contribution in [3.05, 3.63) is 34.3 Å². The molecule has 1 aromatic carbocycles. The fourth-order valence-corrected chi connectivity index (χ4v) is 2.05. The van der Waals surface area contributed by atoms with Crippen LogP contribution >= 0.6 is 11.6 Å². The van der Waals surface area contributed by atoms with Gasteiger partial charge in [-0.15, -0.1) is 0 Å². The zero-order chi connectivity index (χ0) is 11.3. The molecule has 0 aliphatic rings. The Hall–Kier alpha value is -0.600. The zero-order valence-electron chi connectivity index (χ0n) is 8.97. The molecule has 2 N–H and O–H groups in total. The smallest absolute Gasteiger partial charge is 0.124 e. The van der Waals surface area contributed by atoms with Crippen molar-refractivity contribution in [1.82, 2.24) is 0 Å². The number of alkyl halides is 1. The number of hydrogen-bond acceptors (Lipinski definition) is 1. The van der Waals surface area contributed by atoms with Crippen LogP contribution in [0.25, 0.3) is 0 Å². The first-order valence-corrected chi connectivity index (χ1v) is 5.66. The first-order valence-electron chi connectivity index (χ1n) is 5.28. The average Bonchev–Trinajstić information content (AvgIpc) is 2.17. The molecular weight excluding hydrogens is 213 g/mol. The van der Waals surface area contributed by atoms with Crippen LogP contribution in [0, 0.1) is 0 Å². The van der Waals surface area contributed by atoms with Crippen LogP contribution in [0.5, 0.6) is 0 Å². The maximum absolute atomic E-state index is 13.4. The minimum atomic E-state index is -1.01. The first kappa shape index (κ1) is 12.5. The summed E-state index contributed by atoms with van der Waals surface area (Å²) in [5.41, 5.74) is 7.06. The van der Waals surface area contributed by atoms with E-state index in [2.05, 4.69) is 0 Å². The van der Waals surface area contributed by atoms with E-state index < -0.39 is 6.17 Å². The molecule has 1 unspecified atom stereocenters. The quantitative estimate of drug-likeness (QED) is 0.767. The molecule has 0 saturated heterocycles. The molecular formula is C12H17ClFN. The molecule has 1 atom stereocenters. The van der Waals surface area contributed by atoms with Gasteiger partial charge in [0.15, 0.2) is 0 Å². The van der Waals surface area contributed by atoms with Crippen LogP contribution in [0.3, 0.4) is 0 Å². The third-order valence-electron chi connectivity index (χ3n) is 2.44. The molecule has 0 heterocycles. The zero-order valence-corrected chi connectivity index (χ0v) is 9.73. The van der Waals surface area contributed by atoms with Gasteiger partial charge in [-0.2, -0.15) is 0 Å². The van der Waals surface area contributed by atoms with E-state index in [1.165, 1.54) is 6.92 Å². The van der Waals surface area contributed by atoms with Crippen molar-refractivity contribution in [3.63, 3.8) is 0 Å². The summed E-state index contributed by atoms with van der Waals surface area (Å²) in [7, 11) is 0. The van der Waals surface area contributed by atoms with Crippen molar-refractivity contribution >= 4 is 11.6 Å². The van der Waals surface area contributed by atoms with Crippen LogP contribution in [0.1, 0.15) is 37.1 Å². The minimum absolute atomic E-state index is 0.523. The van der Waals surface area contributed by atoms with E-state index in [9.17, 15) is 4.39 Å². The van der Waals surface area contributed by atoms with Gasteiger partial charge in [-0.25, -0.2) is 4.39 Å². The van der Waals surface area contributed by atoms with Crippen LogP contribution in [-0.4, -0.2) is 6.54 Å². The number of unbranched alkanes of at least 4 members (excludes halogenated alkanes) is 1. The summed E-state index contributed by atoms with van der Waals surface area (Å²) in [6.45, 7) is 2.20. The number of rotatable bonds is 5. The predicted molar refractivity (Wildman–Crippen MR) is 63.0 cm³/mol. The Morgan fingerprint density at radius 3 is 2.73 bits per heavy atom. The lowest BCUT2D eigenvalue weighted by molar-refractivity contribution is 0.372. The molecule has 0 bridgehead atoms. The normalized spacial score (nSPS) is 12.8. The SMILES string of the molecule is CC(F)c1c(Cl)cccc1CCCCN. The summed E-state index contributed by atoms with van der Waals surface area (Å²) < 4.78 is 13.4. The van der Waals surface area contributed by atoms with Crippen molar-refractivity contribution in [1.29, 1.82) is 0 Å². The summed E-state index contributed by atoms with van der Waals surface area (Å²) in [5.74, 6) is 0. The highest BCUT2D eigenvalue weighted by atomic mass is 35.5. The van der Waals surface area contributed by atoms with Gasteiger partial charge in [0.2, 0.25) is 0 Å². The van der Waals surface area contributed by atoms with Gasteiger partial charge in [-0.3, -0.25) is 0 Å². The monoisotopic (exact) mass is 229 g/mol. The van der Waals surface area contributed by atoms with E-state index in [1.54, 1.807) is 6.07 Å². The van der Waals surface area contributed by atoms with E-state index in [0.29, 0.717) is 17.1 Å². The topological polar surface area (TPSA) is 26.0 Å². The number of nitrogens with two attached hydrogens (primary N) is 1. The highest BCUT2D eigenvalue weighted by Gasteiger charge is 2.12. The number of aryl methyl sites for hydroxylation is 1. The Morgan fingerprint density at radius 1 is 1.40 bits per heavy atom. The van der Waals surface area contributed by atoms with Gasteiger partial charge in [0.25, 0.3) is 0 Å². The van der Waals surface area contributed by atoms with Crippen LogP contribution in [-0.2, 0) is 6.42 Å². The van der Waals surface area contributed by atoms with Crippen LogP contribution < -0.4 is 5.73 Å². The molecule has 1 aromatic rings. The van der Waals surface area contributed by atoms with Gasteiger partial charge >= 0.3 is 0 Å². The lowest BCUT2D eigenvalue weighted by atomic mass is 9.99. The van der Waals surface area contributed by atoms with Gasteiger partial charge in [0.1, 0.15) is 6.17 Å². The first-order chi connectivity index (χ1) is 7.16. The lowest BCUT2D eigenvalue weighted by Gasteiger charge is -2.12. The molecule has 0 aliphatic heterocycles. The molecule has 0 aromatic heterocycles. The molecule has 0 radical (unpaired) electrons. The molecule has 0 aliphatic carbocycles. The highest BCUT2D eigenvalue weighted by molar-refractivity contribution is 6.31. The summed E-state index contributed by atoms with van der Waals surface area (Å²) >= 11 is 5.97. The fraction of sp³-hybridized carbons (Fsp3) is 0.500. The number of hydrogen-bond donors (Lipinski definition) is 1. The third kappa shape index (κ3) is 3.47. The van der Waals surface area contributed by atoms with Gasteiger partial charge in [-0.05, 0) is 44.4 Å². The van der Waals surface area contributed by atoms with Gasteiger partial charge in [-0.1, -0.05) is 23.7 Å². The standard InChI is InChI=1S/C12H17ClFN/c1-9(14)12-10(5-2-3-8-15)6-4-7-11(12)13/h4,6-7,9H,2-3,5,8,15H2,1H3. The van der Waals surface area contributed by atoms with Gasteiger partial charge in [0.05, 0.1) is 0 Å². The van der Waals surface area contributed by atoms with Crippen LogP contribution in [0.2, 0.25) is 5.02 Å². The van der Waals surface area contributed by atoms with Crippen LogP contribution in [0.4, 0.5) is 4.39 Å². The maximum Gasteiger partial charge on any atom is 0.124 e. The highest BCUT2D eigenvalue weighted by Crippen LogP contribution is 2.29. The van der Waals surface area contributed by atoms with Crippen molar-refractivity contribution in [2.75, 3.05) is 6.54 Å². The largest absolute Gasteiger partial charge is 0.330 e. The van der Waals surface area contributed by atoms with Crippen molar-refractivity contribution in [2.45, 2.75) is 32.4 Å². The summed E-state index contributed by atoms with van der Waals surface area (Å²) in [5, 5.41) is 0.523. The molecule has 0 fully saturated rings. The Balaban J connectivity index is 2.81. The van der Waals surface area contributed by atoms with E-state index in [1.807, 2.05) is 12.1 Å². The number of halogens is 2. The Labute approximate surface area is 95.4 Å². The molecule has 1 nitrogen and oxygen atoms in total. The molecule has 1 rings (SSSR count). The molecule has 0 spiro atoms. The fourth-order valence-electron chi connectivity index (χ4n) is 1.70. The summed E-state index contributed by atoms with van der Waals surface area (Å²) in [6, 6.07) is 5.54. The minimum Gasteiger partial charge on any atom is -0.330 e. The van der Waals surface area contributed by atoms with Crippen molar-refractivity contribution in [3.8, 4) is 0 Å². The third-order valence-corrected chi connectivity index (χ3v) is 2.77. The van der Waals surface area contributed by atoms with Crippen molar-refractivity contribution < 1.29 is 4.39 Å². The second-order valence-electron chi connectivity index (χ2n) is 3.67. The number of benzene rings is 1. The predicted octanol–water partition coefficient (Wildman–Crippen LogP) is 3.65. The second-order valence-corrected chi connectivity index (χ2v) is 4.08. The van der Waals surface area contributed by atoms with Crippen molar-refractivity contribution in [2.24, 2.45) is 5.73 Å². The van der Waals surface area contributed by atoms with Gasteiger partial charge < -0.3 is 5.73 Å². The van der Waals surface area contributed by atoms with E-state index in [-0.39, 0.29) is 0 Å². The molecule has 84 valence electrons. The lowest BCUT2D eigenvalue weighted by Crippen LogP contribution is -2.01. The second kappa shape index (κ2) is 6.09. The maximum atomic E-state index is 13.4. The molecule has 0 saturated carbocycles. The average molecular weight is 230 g/mol. The molecule has 15 heavy (non-hydrogen) atoms. The molecule has 3 heteroatoms. The van der Waals surface area contributed by atoms with E-state index in [0.717, 1.165) is 24.8 Å². The van der Waals surface area contributed by atoms with E-state index >= 15 is 0 Å². The Bertz CT molecular complexity index is 312.